The lowest BCUT2D eigenvalue weighted by molar-refractivity contribution is -0.141. The van der Waals surface area contributed by atoms with Crippen molar-refractivity contribution in [1.29, 1.82) is 0 Å². The minimum Gasteiger partial charge on any atom is -0.355 e. The summed E-state index contributed by atoms with van der Waals surface area (Å²) < 4.78 is 14.7. The second kappa shape index (κ2) is 12.1. The predicted octanol–water partition coefficient (Wildman–Crippen LogP) is 5.50. The van der Waals surface area contributed by atoms with Crippen LogP contribution in [-0.2, 0) is 22.6 Å². The summed E-state index contributed by atoms with van der Waals surface area (Å²) >= 11 is 0. The molecule has 3 amide bonds. The van der Waals surface area contributed by atoms with Crippen molar-refractivity contribution in [3.05, 3.63) is 114 Å². The Hall–Kier alpha value is -4.52. The molecule has 40 heavy (non-hydrogen) atoms. The monoisotopic (exact) mass is 537 g/mol. The Kier molecular flexibility index (Phi) is 8.20. The molecule has 0 radical (unpaired) electrons. The minimum absolute atomic E-state index is 0.0342. The maximum absolute atomic E-state index is 14.7. The molecule has 0 saturated carbocycles. The van der Waals surface area contributed by atoms with Crippen molar-refractivity contribution in [3.63, 3.8) is 0 Å². The van der Waals surface area contributed by atoms with Gasteiger partial charge < -0.3 is 15.1 Å². The molecule has 0 spiro atoms. The van der Waals surface area contributed by atoms with Gasteiger partial charge in [0.2, 0.25) is 11.8 Å². The summed E-state index contributed by atoms with van der Waals surface area (Å²) in [5, 5.41) is 4.79. The van der Waals surface area contributed by atoms with E-state index in [4.69, 9.17) is 0 Å². The molecule has 204 valence electrons. The first-order valence-electron chi connectivity index (χ1n) is 13.7. The summed E-state index contributed by atoms with van der Waals surface area (Å²) in [6, 6.07) is 26.5. The zero-order valence-electron chi connectivity index (χ0n) is 22.5. The van der Waals surface area contributed by atoms with E-state index in [9.17, 15) is 18.8 Å². The van der Waals surface area contributed by atoms with Crippen molar-refractivity contribution >= 4 is 34.2 Å². The number of anilines is 1. The third kappa shape index (κ3) is 5.59. The van der Waals surface area contributed by atoms with Gasteiger partial charge in [0.15, 0.2) is 0 Å². The fourth-order valence-electron chi connectivity index (χ4n) is 5.39. The largest absolute Gasteiger partial charge is 0.355 e. The number of likely N-dealkylation sites (N-methyl/N-ethyl adjacent to an activating group) is 1. The molecule has 0 fully saturated rings. The Bertz CT molecular complexity index is 1530. The standard InChI is InChI=1S/C33H32FN3O3/c1-2-35-32(39)29(21-23-11-4-3-5-12-23)37(22-25-13-6-7-17-27(25)34)30(38)19-10-20-36-28-18-9-15-24-14-8-16-26(31(24)28)33(36)40/h3-9,11-18,29H,2,10,19-22H2,1H3,(H,35,39)/t29-/m1/s1. The lowest BCUT2D eigenvalue weighted by Gasteiger charge is -2.32. The molecule has 0 aliphatic carbocycles. The second-order valence-electron chi connectivity index (χ2n) is 9.95. The molecule has 1 N–H and O–H groups in total. The Morgan fingerprint density at radius 3 is 2.40 bits per heavy atom. The lowest BCUT2D eigenvalue weighted by atomic mass is 10.0. The number of nitrogens with one attached hydrogen (secondary N) is 1. The number of halogens is 1. The summed E-state index contributed by atoms with van der Waals surface area (Å²) in [5.41, 5.74) is 2.76. The number of amides is 3. The average molecular weight is 538 g/mol. The topological polar surface area (TPSA) is 69.7 Å². The normalized spacial score (nSPS) is 12.9. The van der Waals surface area contributed by atoms with E-state index < -0.39 is 11.9 Å². The van der Waals surface area contributed by atoms with Crippen molar-refractivity contribution < 1.29 is 18.8 Å². The third-order valence-corrected chi connectivity index (χ3v) is 7.34. The first-order chi connectivity index (χ1) is 19.5. The molecule has 4 aromatic carbocycles. The molecule has 1 aliphatic rings. The highest BCUT2D eigenvalue weighted by atomic mass is 19.1. The van der Waals surface area contributed by atoms with Crippen LogP contribution in [-0.4, -0.2) is 41.8 Å². The molecule has 0 aromatic heterocycles. The number of hydrogen-bond donors (Lipinski definition) is 1. The van der Waals surface area contributed by atoms with Gasteiger partial charge in [0.05, 0.1) is 5.69 Å². The van der Waals surface area contributed by atoms with E-state index in [1.54, 1.807) is 23.1 Å². The second-order valence-corrected chi connectivity index (χ2v) is 9.95. The molecule has 0 unspecified atom stereocenters. The summed E-state index contributed by atoms with van der Waals surface area (Å²) in [7, 11) is 0. The lowest BCUT2D eigenvalue weighted by Crippen LogP contribution is -2.50. The van der Waals surface area contributed by atoms with Crippen molar-refractivity contribution in [3.8, 4) is 0 Å². The molecule has 0 bridgehead atoms. The van der Waals surface area contributed by atoms with Crippen molar-refractivity contribution in [2.45, 2.75) is 38.8 Å². The Labute approximate surface area is 233 Å². The fraction of sp³-hybridized carbons (Fsp3) is 0.242. The molecule has 1 heterocycles. The first-order valence-corrected chi connectivity index (χ1v) is 13.7. The van der Waals surface area contributed by atoms with Crippen LogP contribution in [0.25, 0.3) is 10.8 Å². The summed E-state index contributed by atoms with van der Waals surface area (Å²) in [6.45, 7) is 2.56. The summed E-state index contributed by atoms with van der Waals surface area (Å²) in [4.78, 5) is 43.4. The van der Waals surface area contributed by atoms with Crippen LogP contribution >= 0.6 is 0 Å². The molecular weight excluding hydrogens is 505 g/mol. The smallest absolute Gasteiger partial charge is 0.258 e. The average Bonchev–Trinajstić information content (AvgIpc) is 3.24. The zero-order valence-corrected chi connectivity index (χ0v) is 22.5. The van der Waals surface area contributed by atoms with E-state index in [1.807, 2.05) is 73.7 Å². The first kappa shape index (κ1) is 27.1. The minimum atomic E-state index is -0.819. The van der Waals surface area contributed by atoms with E-state index >= 15 is 0 Å². The number of rotatable bonds is 11. The molecule has 1 aliphatic heterocycles. The van der Waals surface area contributed by atoms with E-state index in [0.717, 1.165) is 22.0 Å². The van der Waals surface area contributed by atoms with Crippen molar-refractivity contribution in [2.75, 3.05) is 18.0 Å². The van der Waals surface area contributed by atoms with E-state index in [2.05, 4.69) is 5.32 Å². The van der Waals surface area contributed by atoms with Crippen LogP contribution in [0.2, 0.25) is 0 Å². The molecular formula is C33H32FN3O3. The van der Waals surface area contributed by atoms with Crippen LogP contribution in [0.4, 0.5) is 10.1 Å². The van der Waals surface area contributed by atoms with Gasteiger partial charge in [0.25, 0.3) is 5.91 Å². The van der Waals surface area contributed by atoms with Gasteiger partial charge in [0, 0.05) is 49.0 Å². The molecule has 0 saturated heterocycles. The fourth-order valence-corrected chi connectivity index (χ4v) is 5.39. The molecule has 1 atom stereocenters. The van der Waals surface area contributed by atoms with Gasteiger partial charge in [-0.2, -0.15) is 0 Å². The SMILES string of the molecule is CCNC(=O)[C@@H](Cc1ccccc1)N(Cc1ccccc1F)C(=O)CCCN1C(=O)c2cccc3cccc1c23. The van der Waals surface area contributed by atoms with Gasteiger partial charge >= 0.3 is 0 Å². The van der Waals surface area contributed by atoms with Gasteiger partial charge in [-0.3, -0.25) is 14.4 Å². The Morgan fingerprint density at radius 1 is 0.925 bits per heavy atom. The van der Waals surface area contributed by atoms with E-state index in [-0.39, 0.29) is 30.7 Å². The van der Waals surface area contributed by atoms with Gasteiger partial charge in [0.1, 0.15) is 11.9 Å². The quantitative estimate of drug-likeness (QED) is 0.275. The molecule has 6 nitrogen and oxygen atoms in total. The van der Waals surface area contributed by atoms with Crippen LogP contribution in [0.1, 0.15) is 41.3 Å². The molecule has 5 rings (SSSR count). The maximum Gasteiger partial charge on any atom is 0.258 e. The zero-order chi connectivity index (χ0) is 28.1. The number of carbonyl (C=O) groups excluding carboxylic acids is 3. The van der Waals surface area contributed by atoms with Crippen LogP contribution in [0.15, 0.2) is 91.0 Å². The van der Waals surface area contributed by atoms with Crippen LogP contribution in [0.3, 0.4) is 0 Å². The number of hydrogen-bond acceptors (Lipinski definition) is 3. The van der Waals surface area contributed by atoms with E-state index in [1.165, 1.54) is 11.0 Å². The Balaban J connectivity index is 1.37. The Morgan fingerprint density at radius 2 is 1.65 bits per heavy atom. The van der Waals surface area contributed by atoms with Crippen molar-refractivity contribution in [1.82, 2.24) is 10.2 Å². The van der Waals surface area contributed by atoms with E-state index in [0.29, 0.717) is 37.1 Å². The van der Waals surface area contributed by atoms with Gasteiger partial charge in [-0.1, -0.05) is 72.8 Å². The van der Waals surface area contributed by atoms with Gasteiger partial charge in [-0.15, -0.1) is 0 Å². The highest BCUT2D eigenvalue weighted by molar-refractivity contribution is 6.25. The summed E-state index contributed by atoms with van der Waals surface area (Å²) in [5.74, 6) is -1.05. The number of carbonyl (C=O) groups is 3. The highest BCUT2D eigenvalue weighted by Crippen LogP contribution is 2.37. The molecule has 7 heteroatoms. The van der Waals surface area contributed by atoms with Crippen LogP contribution in [0, 0.1) is 5.82 Å². The number of nitrogens with zero attached hydrogens (tertiary/aromatic N) is 2. The van der Waals surface area contributed by atoms with Gasteiger partial charge in [-0.25, -0.2) is 4.39 Å². The molecule has 4 aromatic rings. The predicted molar refractivity (Wildman–Crippen MR) is 154 cm³/mol. The third-order valence-electron chi connectivity index (χ3n) is 7.34. The maximum atomic E-state index is 14.7. The number of benzene rings is 4. The van der Waals surface area contributed by atoms with Crippen molar-refractivity contribution in [2.24, 2.45) is 0 Å². The highest BCUT2D eigenvalue weighted by Gasteiger charge is 2.32. The van der Waals surface area contributed by atoms with Crippen LogP contribution < -0.4 is 10.2 Å². The van der Waals surface area contributed by atoms with Crippen LogP contribution in [0.5, 0.6) is 0 Å². The van der Waals surface area contributed by atoms with Gasteiger partial charge in [-0.05, 0) is 42.5 Å². The summed E-state index contributed by atoms with van der Waals surface area (Å²) in [6.07, 6.45) is 0.806.